The molecule has 0 bridgehead atoms. The van der Waals surface area contributed by atoms with E-state index < -0.39 is 0 Å². The maximum absolute atomic E-state index is 12.2. The van der Waals surface area contributed by atoms with Crippen LogP contribution in [-0.4, -0.2) is 11.6 Å². The molecule has 0 aromatic heterocycles. The zero-order chi connectivity index (χ0) is 17.4. The fourth-order valence-corrected chi connectivity index (χ4v) is 2.42. The molecule has 126 valence electrons. The van der Waals surface area contributed by atoms with Crippen LogP contribution in [0.1, 0.15) is 70.9 Å². The molecule has 0 radical (unpaired) electrons. The summed E-state index contributed by atoms with van der Waals surface area (Å²) < 4.78 is 0. The van der Waals surface area contributed by atoms with E-state index in [1.165, 1.54) is 11.1 Å². The average molecular weight is 314 g/mol. The van der Waals surface area contributed by atoms with E-state index in [-0.39, 0.29) is 23.9 Å². The van der Waals surface area contributed by atoms with Gasteiger partial charge in [0, 0.05) is 12.3 Å². The first-order valence-corrected chi connectivity index (χ1v) is 8.66. The van der Waals surface area contributed by atoms with E-state index in [1.54, 1.807) is 0 Å². The van der Waals surface area contributed by atoms with Crippen LogP contribution in [-0.2, 0) is 16.0 Å². The van der Waals surface area contributed by atoms with Crippen molar-refractivity contribution in [3.8, 4) is 0 Å². The third kappa shape index (κ3) is 6.52. The van der Waals surface area contributed by atoms with E-state index >= 15 is 0 Å². The van der Waals surface area contributed by atoms with Gasteiger partial charge in [-0.25, -0.2) is 0 Å². The number of hydrogen-bond donors (Lipinski definition) is 0. The van der Waals surface area contributed by atoms with E-state index in [9.17, 15) is 9.59 Å². The third-order valence-corrected chi connectivity index (χ3v) is 4.38. The van der Waals surface area contributed by atoms with Crippen molar-refractivity contribution in [2.75, 3.05) is 0 Å². The molecule has 1 unspecified atom stereocenters. The lowest BCUT2D eigenvalue weighted by Gasteiger charge is -2.09. The zero-order valence-corrected chi connectivity index (χ0v) is 15.2. The quantitative estimate of drug-likeness (QED) is 0.460. The molecule has 0 heterocycles. The van der Waals surface area contributed by atoms with Gasteiger partial charge in [-0.2, -0.15) is 0 Å². The molecule has 2 nitrogen and oxygen atoms in total. The van der Waals surface area contributed by atoms with Gasteiger partial charge in [0.15, 0.2) is 0 Å². The van der Waals surface area contributed by atoms with Gasteiger partial charge in [-0.3, -0.25) is 9.59 Å². The largest absolute Gasteiger partial charge is 0.291 e. The topological polar surface area (TPSA) is 34.1 Å². The van der Waals surface area contributed by atoms with Crippen molar-refractivity contribution in [1.82, 2.24) is 0 Å². The molecule has 0 aliphatic carbocycles. The minimum atomic E-state index is -0.272. The molecule has 0 N–H and O–H groups in total. The molecule has 1 aromatic rings. The van der Waals surface area contributed by atoms with Gasteiger partial charge in [0.05, 0.1) is 0 Å². The minimum absolute atomic E-state index is 0.196. The molecule has 0 fully saturated rings. The Morgan fingerprint density at radius 2 is 1.70 bits per heavy atom. The fourth-order valence-electron chi connectivity index (χ4n) is 2.42. The number of carbonyl (C=O) groups excluding carboxylic acids is 2. The second-order valence-corrected chi connectivity index (χ2v) is 6.74. The molecular weight excluding hydrogens is 284 g/mol. The van der Waals surface area contributed by atoms with Crippen LogP contribution in [0.15, 0.2) is 35.9 Å². The molecule has 0 aliphatic heterocycles. The van der Waals surface area contributed by atoms with Crippen molar-refractivity contribution in [1.29, 1.82) is 0 Å². The number of allylic oxidation sites excluding steroid dienone is 2. The Hall–Kier alpha value is -1.70. The second-order valence-electron chi connectivity index (χ2n) is 6.74. The summed E-state index contributed by atoms with van der Waals surface area (Å²) in [4.78, 5) is 24.4. The van der Waals surface area contributed by atoms with Crippen LogP contribution in [0.25, 0.3) is 0 Å². The fraction of sp³-hybridized carbons (Fsp3) is 0.524. The Bertz CT molecular complexity index is 550. The first kappa shape index (κ1) is 19.3. The number of Topliss-reactive ketones (excluding diaryl/α,β-unsaturated/α-hetero) is 2. The average Bonchev–Trinajstić information content (AvgIpc) is 2.54. The van der Waals surface area contributed by atoms with Crippen LogP contribution in [0.2, 0.25) is 0 Å². The summed E-state index contributed by atoms with van der Waals surface area (Å²) in [5.41, 5.74) is 3.50. The van der Waals surface area contributed by atoms with E-state index in [2.05, 4.69) is 33.8 Å². The lowest BCUT2D eigenvalue weighted by molar-refractivity contribution is -0.138. The maximum Gasteiger partial charge on any atom is 0.203 e. The minimum Gasteiger partial charge on any atom is -0.291 e. The summed E-state index contributed by atoms with van der Waals surface area (Å²) in [5, 5.41) is 0. The van der Waals surface area contributed by atoms with Crippen molar-refractivity contribution >= 4 is 11.6 Å². The first-order valence-electron chi connectivity index (χ1n) is 8.66. The van der Waals surface area contributed by atoms with Gasteiger partial charge in [-0.15, -0.1) is 0 Å². The summed E-state index contributed by atoms with van der Waals surface area (Å²) in [6, 6.07) is 8.00. The zero-order valence-electron chi connectivity index (χ0n) is 15.2. The Morgan fingerprint density at radius 3 is 2.22 bits per heavy atom. The Balaban J connectivity index is 2.54. The molecule has 0 saturated carbocycles. The molecule has 0 amide bonds. The molecule has 2 heteroatoms. The Kier molecular flexibility index (Phi) is 7.94. The lowest BCUT2D eigenvalue weighted by atomic mass is 9.93. The summed E-state index contributed by atoms with van der Waals surface area (Å²) in [6.45, 7) is 10.4. The maximum atomic E-state index is 12.2. The summed E-state index contributed by atoms with van der Waals surface area (Å²) in [5.74, 6) is -0.231. The molecule has 0 spiro atoms. The standard InChI is InChI=1S/C21H30O2/c1-6-16(4)8-7-9-17(5)21(23)20(22)14-18-10-12-19(13-11-18)15(2)3/h8,10-13,15,17H,6-7,9,14H2,1-5H3. The normalized spacial score (nSPS) is 13.2. The van der Waals surface area contributed by atoms with Gasteiger partial charge in [-0.05, 0) is 43.2 Å². The highest BCUT2D eigenvalue weighted by molar-refractivity contribution is 6.38. The van der Waals surface area contributed by atoms with Crippen LogP contribution < -0.4 is 0 Å². The van der Waals surface area contributed by atoms with Crippen molar-refractivity contribution in [2.24, 2.45) is 5.92 Å². The van der Waals surface area contributed by atoms with Crippen LogP contribution in [0, 0.1) is 5.92 Å². The molecule has 1 aromatic carbocycles. The number of carbonyl (C=O) groups is 2. The van der Waals surface area contributed by atoms with Gasteiger partial charge >= 0.3 is 0 Å². The SMILES string of the molecule is CCC(C)=CCCC(C)C(=O)C(=O)Cc1ccc(C(C)C)cc1. The smallest absolute Gasteiger partial charge is 0.203 e. The lowest BCUT2D eigenvalue weighted by Crippen LogP contribution is -2.23. The van der Waals surface area contributed by atoms with Crippen LogP contribution in [0.3, 0.4) is 0 Å². The van der Waals surface area contributed by atoms with Crippen molar-refractivity contribution < 1.29 is 9.59 Å². The monoisotopic (exact) mass is 314 g/mol. The summed E-state index contributed by atoms with van der Waals surface area (Å²) in [6.07, 6.45) is 5.02. The summed E-state index contributed by atoms with van der Waals surface area (Å²) >= 11 is 0. The van der Waals surface area contributed by atoms with Gasteiger partial charge in [-0.1, -0.05) is 63.6 Å². The van der Waals surface area contributed by atoms with Crippen molar-refractivity contribution in [3.63, 3.8) is 0 Å². The molecule has 1 rings (SSSR count). The number of benzene rings is 1. The van der Waals surface area contributed by atoms with E-state index in [1.807, 2.05) is 31.2 Å². The van der Waals surface area contributed by atoms with Crippen LogP contribution in [0.4, 0.5) is 0 Å². The van der Waals surface area contributed by atoms with Crippen LogP contribution >= 0.6 is 0 Å². The highest BCUT2D eigenvalue weighted by Crippen LogP contribution is 2.16. The number of ketones is 2. The molecule has 0 aliphatic rings. The van der Waals surface area contributed by atoms with E-state index in [4.69, 9.17) is 0 Å². The number of hydrogen-bond acceptors (Lipinski definition) is 2. The highest BCUT2D eigenvalue weighted by atomic mass is 16.2. The van der Waals surface area contributed by atoms with Gasteiger partial charge in [0.2, 0.25) is 11.6 Å². The molecular formula is C21H30O2. The Morgan fingerprint density at radius 1 is 1.09 bits per heavy atom. The van der Waals surface area contributed by atoms with Gasteiger partial charge in [0.1, 0.15) is 0 Å². The third-order valence-electron chi connectivity index (χ3n) is 4.38. The molecule has 23 heavy (non-hydrogen) atoms. The number of rotatable bonds is 9. The molecule has 1 atom stereocenters. The summed E-state index contributed by atoms with van der Waals surface area (Å²) in [7, 11) is 0. The highest BCUT2D eigenvalue weighted by Gasteiger charge is 2.20. The predicted octanol–water partition coefficient (Wildman–Crippen LogP) is 5.26. The second kappa shape index (κ2) is 9.44. The predicted molar refractivity (Wildman–Crippen MR) is 96.7 cm³/mol. The van der Waals surface area contributed by atoms with Crippen molar-refractivity contribution in [3.05, 3.63) is 47.0 Å². The first-order chi connectivity index (χ1) is 10.8. The van der Waals surface area contributed by atoms with E-state index in [0.717, 1.165) is 24.8 Å². The Labute approximate surface area is 141 Å². The van der Waals surface area contributed by atoms with Crippen LogP contribution in [0.5, 0.6) is 0 Å². The van der Waals surface area contributed by atoms with Gasteiger partial charge in [0.25, 0.3) is 0 Å². The van der Waals surface area contributed by atoms with Gasteiger partial charge < -0.3 is 0 Å². The van der Waals surface area contributed by atoms with E-state index in [0.29, 0.717) is 5.92 Å². The van der Waals surface area contributed by atoms with Crippen molar-refractivity contribution in [2.45, 2.75) is 66.2 Å². The molecule has 0 saturated heterocycles.